The van der Waals surface area contributed by atoms with E-state index in [1.54, 1.807) is 0 Å². The van der Waals surface area contributed by atoms with Crippen molar-refractivity contribution in [2.24, 2.45) is 0 Å². The van der Waals surface area contributed by atoms with E-state index in [0.717, 1.165) is 22.6 Å². The number of aromatic nitrogens is 1. The van der Waals surface area contributed by atoms with Gasteiger partial charge >= 0.3 is 5.97 Å². The molecule has 2 aromatic rings. The fourth-order valence-electron chi connectivity index (χ4n) is 1.91. The molecule has 0 unspecified atom stereocenters. The average Bonchev–Trinajstić information content (AvgIpc) is 2.91. The topological polar surface area (TPSA) is 39.2 Å². The van der Waals surface area contributed by atoms with E-state index in [9.17, 15) is 4.79 Å². The molecular weight excluding hydrogens is 282 g/mol. The zero-order valence-electron chi connectivity index (χ0n) is 13.4. The smallest absolute Gasteiger partial charge is 0.341 e. The molecule has 0 saturated carbocycles. The second-order valence-corrected chi connectivity index (χ2v) is 5.21. The van der Waals surface area contributed by atoms with Gasteiger partial charge in [0.05, 0.1) is 12.3 Å². The highest BCUT2D eigenvalue weighted by Gasteiger charge is 2.20. The Morgan fingerprint density at radius 3 is 2.33 bits per heavy atom. The van der Waals surface area contributed by atoms with Crippen LogP contribution in [0.25, 0.3) is 11.3 Å². The predicted molar refractivity (Wildman–Crippen MR) is 89.0 cm³/mol. The van der Waals surface area contributed by atoms with Crippen LogP contribution in [0.4, 0.5) is 0 Å². The van der Waals surface area contributed by atoms with Crippen molar-refractivity contribution in [2.75, 3.05) is 6.61 Å². The lowest BCUT2D eigenvalue weighted by Gasteiger charge is -2.05. The Morgan fingerprint density at radius 2 is 1.81 bits per heavy atom. The summed E-state index contributed by atoms with van der Waals surface area (Å²) in [5.41, 5.74) is 3.55. The highest BCUT2D eigenvalue weighted by atomic mass is 32.1. The minimum Gasteiger partial charge on any atom is -0.462 e. The Kier molecular flexibility index (Phi) is 7.09. The van der Waals surface area contributed by atoms with E-state index >= 15 is 0 Å². The maximum Gasteiger partial charge on any atom is 0.341 e. The van der Waals surface area contributed by atoms with Crippen LogP contribution < -0.4 is 0 Å². The molecule has 0 fully saturated rings. The molecule has 1 aromatic carbocycles. The molecule has 2 rings (SSSR count). The van der Waals surface area contributed by atoms with Gasteiger partial charge in [-0.1, -0.05) is 45.0 Å². The van der Waals surface area contributed by atoms with E-state index in [2.05, 4.69) is 23.4 Å². The van der Waals surface area contributed by atoms with Gasteiger partial charge in [0.15, 0.2) is 0 Å². The molecule has 3 nitrogen and oxygen atoms in total. The zero-order chi connectivity index (χ0) is 15.8. The van der Waals surface area contributed by atoms with Gasteiger partial charge in [-0.2, -0.15) is 4.37 Å². The molecule has 0 spiro atoms. The molecule has 0 saturated heterocycles. The monoisotopic (exact) mass is 305 g/mol. The second kappa shape index (κ2) is 8.57. The summed E-state index contributed by atoms with van der Waals surface area (Å²) in [5, 5.41) is 0. The van der Waals surface area contributed by atoms with Gasteiger partial charge in [0.1, 0.15) is 5.56 Å². The lowest BCUT2D eigenvalue weighted by atomic mass is 10.0. The van der Waals surface area contributed by atoms with Gasteiger partial charge in [-0.05, 0) is 37.4 Å². The highest BCUT2D eigenvalue weighted by Crippen LogP contribution is 2.28. The van der Waals surface area contributed by atoms with Crippen LogP contribution in [0.5, 0.6) is 0 Å². The molecule has 0 amide bonds. The summed E-state index contributed by atoms with van der Waals surface area (Å²) >= 11 is 1.34. The van der Waals surface area contributed by atoms with Gasteiger partial charge in [0.2, 0.25) is 0 Å². The van der Waals surface area contributed by atoms with Crippen LogP contribution in [0.15, 0.2) is 24.3 Å². The Hall–Kier alpha value is -1.68. The van der Waals surface area contributed by atoms with Crippen LogP contribution in [0, 0.1) is 6.92 Å². The first kappa shape index (κ1) is 17.4. The molecule has 0 N–H and O–H groups in total. The second-order valence-electron chi connectivity index (χ2n) is 4.23. The Labute approximate surface area is 131 Å². The van der Waals surface area contributed by atoms with Crippen LogP contribution in [-0.2, 0) is 11.2 Å². The highest BCUT2D eigenvalue weighted by molar-refractivity contribution is 7.06. The van der Waals surface area contributed by atoms with Crippen LogP contribution in [-0.4, -0.2) is 16.9 Å². The van der Waals surface area contributed by atoms with Crippen molar-refractivity contribution in [1.29, 1.82) is 0 Å². The van der Waals surface area contributed by atoms with Crippen LogP contribution in [0.2, 0.25) is 0 Å². The van der Waals surface area contributed by atoms with Crippen molar-refractivity contribution in [2.45, 2.75) is 41.0 Å². The third-order valence-electron chi connectivity index (χ3n) is 2.98. The third kappa shape index (κ3) is 4.14. The average molecular weight is 305 g/mol. The Morgan fingerprint density at radius 1 is 1.19 bits per heavy atom. The zero-order valence-corrected chi connectivity index (χ0v) is 14.2. The molecule has 1 heterocycles. The summed E-state index contributed by atoms with van der Waals surface area (Å²) in [5.74, 6) is -0.289. The van der Waals surface area contributed by atoms with Crippen molar-refractivity contribution in [3.63, 3.8) is 0 Å². The Balaban J connectivity index is 0.00000106. The molecule has 1 aromatic heterocycles. The predicted octanol–water partition coefficient (Wildman–Crippen LogP) is 4.88. The third-order valence-corrected chi connectivity index (χ3v) is 3.73. The van der Waals surface area contributed by atoms with Crippen LogP contribution >= 0.6 is 11.5 Å². The fourth-order valence-corrected chi connectivity index (χ4v) is 2.61. The number of carbonyl (C=O) groups is 1. The summed E-state index contributed by atoms with van der Waals surface area (Å²) in [4.78, 5) is 12.9. The first-order valence-electron chi connectivity index (χ1n) is 7.40. The van der Waals surface area contributed by atoms with E-state index in [4.69, 9.17) is 4.74 Å². The molecule has 0 atom stereocenters. The summed E-state index contributed by atoms with van der Waals surface area (Å²) in [6, 6.07) is 8.16. The van der Waals surface area contributed by atoms with Crippen molar-refractivity contribution in [3.8, 4) is 11.3 Å². The number of hydrogen-bond acceptors (Lipinski definition) is 4. The molecule has 4 heteroatoms. The minimum atomic E-state index is -0.289. The standard InChI is InChI=1S/C15H17NO2S.C2H6/c1-4-11-6-8-12(9-7-11)14-13(10(3)19-16-14)15(17)18-5-2;1-2/h6-9H,4-5H2,1-3H3;1-2H3. The molecular formula is C17H23NO2S. The maximum absolute atomic E-state index is 12.0. The van der Waals surface area contributed by atoms with Gasteiger partial charge in [0, 0.05) is 10.4 Å². The number of nitrogens with zero attached hydrogens (tertiary/aromatic N) is 1. The molecule has 0 aliphatic carbocycles. The quantitative estimate of drug-likeness (QED) is 0.755. The lowest BCUT2D eigenvalue weighted by molar-refractivity contribution is 0.0527. The fraction of sp³-hybridized carbons (Fsp3) is 0.412. The largest absolute Gasteiger partial charge is 0.462 e. The first-order chi connectivity index (χ1) is 10.2. The van der Waals surface area contributed by atoms with Crippen molar-refractivity contribution >= 4 is 17.5 Å². The van der Waals surface area contributed by atoms with Gasteiger partial charge in [0.25, 0.3) is 0 Å². The summed E-state index contributed by atoms with van der Waals surface area (Å²) in [6.45, 7) is 10.2. The summed E-state index contributed by atoms with van der Waals surface area (Å²) < 4.78 is 9.49. The molecule has 0 aliphatic heterocycles. The maximum atomic E-state index is 12.0. The van der Waals surface area contributed by atoms with E-state index in [1.165, 1.54) is 17.1 Å². The molecule has 0 bridgehead atoms. The van der Waals surface area contributed by atoms with E-state index in [0.29, 0.717) is 12.2 Å². The molecule has 114 valence electrons. The van der Waals surface area contributed by atoms with E-state index in [1.807, 2.05) is 39.8 Å². The molecule has 0 aliphatic rings. The van der Waals surface area contributed by atoms with E-state index < -0.39 is 0 Å². The van der Waals surface area contributed by atoms with Gasteiger partial charge in [-0.15, -0.1) is 0 Å². The number of carbonyl (C=O) groups excluding carboxylic acids is 1. The summed E-state index contributed by atoms with van der Waals surface area (Å²) in [6.07, 6.45) is 1.00. The van der Waals surface area contributed by atoms with Crippen molar-refractivity contribution in [3.05, 3.63) is 40.3 Å². The Bertz CT molecular complexity index is 573. The minimum absolute atomic E-state index is 0.289. The van der Waals surface area contributed by atoms with Crippen LogP contribution in [0.1, 0.15) is 48.5 Å². The van der Waals surface area contributed by atoms with Crippen molar-refractivity contribution in [1.82, 2.24) is 4.37 Å². The number of aryl methyl sites for hydroxylation is 2. The van der Waals surface area contributed by atoms with Crippen LogP contribution in [0.3, 0.4) is 0 Å². The SMILES string of the molecule is CC.CCOC(=O)c1c(-c2ccc(CC)cc2)nsc1C. The lowest BCUT2D eigenvalue weighted by Crippen LogP contribution is -2.06. The van der Waals surface area contributed by atoms with Gasteiger partial charge in [-0.25, -0.2) is 4.79 Å². The number of hydrogen-bond donors (Lipinski definition) is 0. The number of esters is 1. The normalized spacial score (nSPS) is 9.76. The summed E-state index contributed by atoms with van der Waals surface area (Å²) in [7, 11) is 0. The van der Waals surface area contributed by atoms with Gasteiger partial charge in [-0.3, -0.25) is 0 Å². The first-order valence-corrected chi connectivity index (χ1v) is 8.17. The molecule has 21 heavy (non-hydrogen) atoms. The molecule has 0 radical (unpaired) electrons. The van der Waals surface area contributed by atoms with E-state index in [-0.39, 0.29) is 5.97 Å². The number of benzene rings is 1. The van der Waals surface area contributed by atoms with Crippen molar-refractivity contribution < 1.29 is 9.53 Å². The van der Waals surface area contributed by atoms with Gasteiger partial charge < -0.3 is 4.74 Å². The number of ether oxygens (including phenoxy) is 1. The number of rotatable bonds is 4.